The van der Waals surface area contributed by atoms with Crippen LogP contribution < -0.4 is 10.9 Å². The van der Waals surface area contributed by atoms with E-state index in [4.69, 9.17) is 16.0 Å². The van der Waals surface area contributed by atoms with Gasteiger partial charge in [0.2, 0.25) is 0 Å². The van der Waals surface area contributed by atoms with Gasteiger partial charge in [-0.25, -0.2) is 4.98 Å². The highest BCUT2D eigenvalue weighted by atomic mass is 35.5. The zero-order chi connectivity index (χ0) is 22.8. The van der Waals surface area contributed by atoms with Gasteiger partial charge in [-0.1, -0.05) is 23.7 Å². The molecule has 1 saturated carbocycles. The number of fused-ring (bicyclic) bond motifs is 1. The lowest BCUT2D eigenvalue weighted by Gasteiger charge is -2.21. The maximum absolute atomic E-state index is 12.6. The van der Waals surface area contributed by atoms with Crippen molar-refractivity contribution in [1.82, 2.24) is 19.6 Å². The fraction of sp³-hybridized carbons (Fsp3) is 0.240. The first-order valence-corrected chi connectivity index (χ1v) is 11.2. The highest BCUT2D eigenvalue weighted by molar-refractivity contribution is 6.30. The van der Waals surface area contributed by atoms with Crippen LogP contribution in [-0.4, -0.2) is 26.2 Å². The van der Waals surface area contributed by atoms with E-state index in [-0.39, 0.29) is 11.5 Å². The molecule has 3 heterocycles. The zero-order valence-corrected chi connectivity index (χ0v) is 18.7. The van der Waals surface area contributed by atoms with Gasteiger partial charge >= 0.3 is 0 Å². The molecule has 0 bridgehead atoms. The summed E-state index contributed by atoms with van der Waals surface area (Å²) in [6.07, 6.45) is 5.33. The number of benzene rings is 1. The van der Waals surface area contributed by atoms with Crippen molar-refractivity contribution in [3.8, 4) is 0 Å². The topological polar surface area (TPSA) is 79.9 Å². The van der Waals surface area contributed by atoms with E-state index in [0.717, 1.165) is 24.2 Å². The van der Waals surface area contributed by atoms with Crippen LogP contribution in [0.5, 0.6) is 0 Å². The van der Waals surface area contributed by atoms with Crippen molar-refractivity contribution in [3.63, 3.8) is 0 Å². The van der Waals surface area contributed by atoms with Crippen LogP contribution in [0.15, 0.2) is 76.3 Å². The number of nitrogens with one attached hydrogen (secondary N) is 1. The monoisotopic (exact) mass is 462 g/mol. The second-order valence-corrected chi connectivity index (χ2v) is 8.77. The average Bonchev–Trinajstić information content (AvgIpc) is 3.46. The Kier molecular flexibility index (Phi) is 5.98. The van der Waals surface area contributed by atoms with Crippen molar-refractivity contribution in [1.29, 1.82) is 0 Å². The Bertz CT molecular complexity index is 1330. The minimum atomic E-state index is -0.179. The first kappa shape index (κ1) is 21.4. The molecule has 5 rings (SSSR count). The number of halogens is 1. The molecule has 0 aliphatic heterocycles. The normalized spacial score (nSPS) is 13.5. The molecule has 1 aliphatic rings. The number of rotatable bonds is 8. The van der Waals surface area contributed by atoms with Gasteiger partial charge in [-0.05, 0) is 54.8 Å². The predicted octanol–water partition coefficient (Wildman–Crippen LogP) is 4.04. The third-order valence-corrected chi connectivity index (χ3v) is 5.78. The third-order valence-electron chi connectivity index (χ3n) is 5.56. The van der Waals surface area contributed by atoms with Gasteiger partial charge in [-0.3, -0.25) is 18.9 Å². The molecule has 1 fully saturated rings. The van der Waals surface area contributed by atoms with Crippen molar-refractivity contribution in [2.24, 2.45) is 0 Å². The van der Waals surface area contributed by atoms with Crippen LogP contribution in [0.25, 0.3) is 5.65 Å². The van der Waals surface area contributed by atoms with E-state index in [1.54, 1.807) is 24.6 Å². The minimum Gasteiger partial charge on any atom is -0.468 e. The van der Waals surface area contributed by atoms with E-state index < -0.39 is 0 Å². The number of carbonyl (C=O) groups excluding carboxylic acids is 1. The fourth-order valence-corrected chi connectivity index (χ4v) is 3.90. The Balaban J connectivity index is 1.36. The molecule has 0 radical (unpaired) electrons. The lowest BCUT2D eigenvalue weighted by molar-refractivity contribution is 0.0951. The molecule has 1 aliphatic carbocycles. The number of aromatic nitrogens is 2. The van der Waals surface area contributed by atoms with E-state index in [1.165, 1.54) is 10.5 Å². The molecular weight excluding hydrogens is 440 g/mol. The largest absolute Gasteiger partial charge is 0.468 e. The van der Waals surface area contributed by atoms with E-state index in [0.29, 0.717) is 47.6 Å². The molecule has 0 spiro atoms. The first-order chi connectivity index (χ1) is 16.0. The second-order valence-electron chi connectivity index (χ2n) is 8.33. The Labute approximate surface area is 195 Å². The maximum atomic E-state index is 12.6. The quantitative estimate of drug-likeness (QED) is 0.427. The molecule has 3 aromatic heterocycles. The van der Waals surface area contributed by atoms with Crippen LogP contribution in [0, 0.1) is 0 Å². The summed E-state index contributed by atoms with van der Waals surface area (Å²) in [6.45, 7) is 1.62. The van der Waals surface area contributed by atoms with Crippen molar-refractivity contribution >= 4 is 23.2 Å². The Morgan fingerprint density at radius 3 is 2.67 bits per heavy atom. The molecule has 1 N–H and O–H groups in total. The van der Waals surface area contributed by atoms with Crippen LogP contribution in [0.1, 0.15) is 40.2 Å². The molecule has 7 nitrogen and oxygen atoms in total. The SMILES string of the molecule is O=C(NC1CC1)c1ccc(CN(Cc2cc(=O)n3cc(Cl)ccc3n2)Cc2ccco2)cc1. The van der Waals surface area contributed by atoms with Crippen molar-refractivity contribution in [2.45, 2.75) is 38.5 Å². The summed E-state index contributed by atoms with van der Waals surface area (Å²) < 4.78 is 6.98. The van der Waals surface area contributed by atoms with E-state index in [1.807, 2.05) is 36.4 Å². The van der Waals surface area contributed by atoms with E-state index in [2.05, 4.69) is 15.2 Å². The van der Waals surface area contributed by atoms with Crippen molar-refractivity contribution in [3.05, 3.63) is 105 Å². The van der Waals surface area contributed by atoms with Crippen LogP contribution in [0.3, 0.4) is 0 Å². The summed E-state index contributed by atoms with van der Waals surface area (Å²) in [5.74, 6) is 0.789. The molecule has 0 unspecified atom stereocenters. The van der Waals surface area contributed by atoms with Gasteiger partial charge in [0.1, 0.15) is 11.4 Å². The van der Waals surface area contributed by atoms with Crippen LogP contribution in [0.4, 0.5) is 0 Å². The number of hydrogen-bond acceptors (Lipinski definition) is 5. The first-order valence-electron chi connectivity index (χ1n) is 10.9. The number of nitrogens with zero attached hydrogens (tertiary/aromatic N) is 3. The van der Waals surface area contributed by atoms with Gasteiger partial charge in [-0.2, -0.15) is 0 Å². The summed E-state index contributed by atoms with van der Waals surface area (Å²) in [5.41, 5.74) is 2.74. The molecule has 168 valence electrons. The predicted molar refractivity (Wildman–Crippen MR) is 125 cm³/mol. The Hall–Kier alpha value is -3.42. The molecule has 1 amide bonds. The van der Waals surface area contributed by atoms with Gasteiger partial charge < -0.3 is 9.73 Å². The fourth-order valence-electron chi connectivity index (χ4n) is 3.74. The van der Waals surface area contributed by atoms with Gasteiger partial charge in [0.15, 0.2) is 0 Å². The van der Waals surface area contributed by atoms with Gasteiger partial charge in [0, 0.05) is 37.0 Å². The second kappa shape index (κ2) is 9.21. The lowest BCUT2D eigenvalue weighted by Crippen LogP contribution is -2.26. The third kappa shape index (κ3) is 5.32. The lowest BCUT2D eigenvalue weighted by atomic mass is 10.1. The standard InChI is InChI=1S/C25H23ClN4O3/c26-19-7-10-23-27-21(12-24(31)30(23)14-19)15-29(16-22-2-1-11-33-22)13-17-3-5-18(6-4-17)25(32)28-20-8-9-20/h1-7,10-12,14,20H,8-9,13,15-16H2,(H,28,32). The van der Waals surface area contributed by atoms with Gasteiger partial charge in [0.25, 0.3) is 11.5 Å². The number of amides is 1. The van der Waals surface area contributed by atoms with Gasteiger partial charge in [0.05, 0.1) is 23.5 Å². The summed E-state index contributed by atoms with van der Waals surface area (Å²) in [6, 6.07) is 16.7. The number of hydrogen-bond donors (Lipinski definition) is 1. The maximum Gasteiger partial charge on any atom is 0.258 e. The summed E-state index contributed by atoms with van der Waals surface area (Å²) >= 11 is 6.01. The van der Waals surface area contributed by atoms with Crippen molar-refractivity contribution < 1.29 is 9.21 Å². The zero-order valence-electron chi connectivity index (χ0n) is 17.9. The van der Waals surface area contributed by atoms with Crippen LogP contribution >= 0.6 is 11.6 Å². The molecule has 33 heavy (non-hydrogen) atoms. The van der Waals surface area contributed by atoms with Crippen LogP contribution in [-0.2, 0) is 19.6 Å². The Morgan fingerprint density at radius 1 is 1.12 bits per heavy atom. The molecule has 1 aromatic carbocycles. The molecule has 8 heteroatoms. The molecule has 4 aromatic rings. The summed E-state index contributed by atoms with van der Waals surface area (Å²) in [7, 11) is 0. The molecule has 0 atom stereocenters. The molecule has 0 saturated heterocycles. The number of pyridine rings is 1. The van der Waals surface area contributed by atoms with E-state index >= 15 is 0 Å². The smallest absolute Gasteiger partial charge is 0.258 e. The summed E-state index contributed by atoms with van der Waals surface area (Å²) in [4.78, 5) is 31.6. The number of carbonyl (C=O) groups is 1. The highest BCUT2D eigenvalue weighted by Crippen LogP contribution is 2.20. The van der Waals surface area contributed by atoms with Crippen molar-refractivity contribution in [2.75, 3.05) is 0 Å². The summed E-state index contributed by atoms with van der Waals surface area (Å²) in [5, 5.41) is 3.49. The van der Waals surface area contributed by atoms with E-state index in [9.17, 15) is 9.59 Å². The average molecular weight is 463 g/mol. The Morgan fingerprint density at radius 2 is 1.94 bits per heavy atom. The highest BCUT2D eigenvalue weighted by Gasteiger charge is 2.23. The minimum absolute atomic E-state index is 0.0302. The molecular formula is C25H23ClN4O3. The van der Waals surface area contributed by atoms with Gasteiger partial charge in [-0.15, -0.1) is 0 Å². The number of furan rings is 1. The van der Waals surface area contributed by atoms with Crippen LogP contribution in [0.2, 0.25) is 5.02 Å².